The Morgan fingerprint density at radius 3 is 2.70 bits per heavy atom. The number of hydrogen-bond donors (Lipinski definition) is 2. The zero-order chi connectivity index (χ0) is 27.9. The van der Waals surface area contributed by atoms with Gasteiger partial charge in [0, 0.05) is 81.3 Å². The number of benzene rings is 1. The van der Waals surface area contributed by atoms with E-state index >= 15 is 0 Å². The maximum atomic E-state index is 13.9. The average Bonchev–Trinajstić information content (AvgIpc) is 3.55. The van der Waals surface area contributed by atoms with Gasteiger partial charge >= 0.3 is 0 Å². The number of nitrogens with zero attached hydrogens (tertiary/aromatic N) is 5. The number of carbonyl (C=O) groups excluding carboxylic acids is 1. The lowest BCUT2D eigenvalue weighted by molar-refractivity contribution is -0.127. The Bertz CT molecular complexity index is 1490. The second kappa shape index (κ2) is 10.6. The molecule has 3 aromatic rings. The molecule has 0 unspecified atom stereocenters. The van der Waals surface area contributed by atoms with Crippen LogP contribution in [0.5, 0.6) is 5.75 Å². The first-order valence-corrected chi connectivity index (χ1v) is 15.1. The Hall–Kier alpha value is -3.32. The lowest BCUT2D eigenvalue weighted by Gasteiger charge is -2.43. The number of aryl methyl sites for hydroxylation is 1. The normalized spacial score (nSPS) is 24.9. The number of hydrogen-bond acceptors (Lipinski definition) is 8. The summed E-state index contributed by atoms with van der Waals surface area (Å²) in [5, 5.41) is 18.0. The standard InChI is InChI=1S/C28H34N6O5S/c1-32-17-20(15-30-32)18-33-10-6-28(7-11-33)8-12-39-25-13-21(22-3-2-9-29-16-22)4-5-26(25)40(37,38)34-19-23(35)14-24(34)27(36)31-28/h2-5,9,13,15-17,23-24,35H,6-8,10-12,14,18-19H2,1H3,(H,31,36)/t23-,24+/m1/s1. The van der Waals surface area contributed by atoms with Crippen molar-refractivity contribution in [1.29, 1.82) is 0 Å². The van der Waals surface area contributed by atoms with Gasteiger partial charge in [-0.1, -0.05) is 12.1 Å². The summed E-state index contributed by atoms with van der Waals surface area (Å²) in [7, 11) is -2.23. The minimum atomic E-state index is -4.13. The smallest absolute Gasteiger partial charge is 0.247 e. The first kappa shape index (κ1) is 26.9. The highest BCUT2D eigenvalue weighted by atomic mass is 32.2. The highest BCUT2D eigenvalue weighted by Gasteiger charge is 2.47. The molecule has 11 nitrogen and oxygen atoms in total. The number of sulfonamides is 1. The van der Waals surface area contributed by atoms with Crippen LogP contribution in [0.2, 0.25) is 0 Å². The van der Waals surface area contributed by atoms with Gasteiger partial charge in [0.1, 0.15) is 16.7 Å². The van der Waals surface area contributed by atoms with Gasteiger partial charge in [-0.25, -0.2) is 8.42 Å². The molecular formula is C28H34N6O5S. The van der Waals surface area contributed by atoms with E-state index in [0.29, 0.717) is 19.3 Å². The highest BCUT2D eigenvalue weighted by Crippen LogP contribution is 2.37. The lowest BCUT2D eigenvalue weighted by atomic mass is 9.84. The van der Waals surface area contributed by atoms with E-state index < -0.39 is 27.7 Å². The van der Waals surface area contributed by atoms with Crippen molar-refractivity contribution in [2.45, 2.75) is 54.8 Å². The monoisotopic (exact) mass is 566 g/mol. The van der Waals surface area contributed by atoms with Crippen molar-refractivity contribution >= 4 is 15.9 Å². The van der Waals surface area contributed by atoms with Crippen LogP contribution in [-0.4, -0.2) is 87.3 Å². The highest BCUT2D eigenvalue weighted by molar-refractivity contribution is 7.89. The SMILES string of the molecule is Cn1cc(CN2CCC3(CCOc4cc(-c5cccnc5)ccc4S(=O)(=O)N4C[C@H](O)C[C@H]4C(=O)N3)CC2)cn1. The molecule has 2 atom stereocenters. The maximum Gasteiger partial charge on any atom is 0.247 e. The number of likely N-dealkylation sites (tertiary alicyclic amines) is 1. The molecular weight excluding hydrogens is 532 g/mol. The molecule has 2 saturated heterocycles. The van der Waals surface area contributed by atoms with Crippen LogP contribution < -0.4 is 10.1 Å². The van der Waals surface area contributed by atoms with Crippen molar-refractivity contribution in [2.24, 2.45) is 7.05 Å². The molecule has 3 aliphatic heterocycles. The van der Waals surface area contributed by atoms with Crippen molar-refractivity contribution in [3.8, 4) is 16.9 Å². The zero-order valence-electron chi connectivity index (χ0n) is 22.4. The fraction of sp³-hybridized carbons (Fsp3) is 0.464. The molecule has 0 radical (unpaired) electrons. The van der Waals surface area contributed by atoms with Crippen molar-refractivity contribution in [1.82, 2.24) is 29.3 Å². The lowest BCUT2D eigenvalue weighted by Crippen LogP contribution is -2.59. The maximum absolute atomic E-state index is 13.9. The quantitative estimate of drug-likeness (QED) is 0.489. The van der Waals surface area contributed by atoms with Crippen LogP contribution >= 0.6 is 0 Å². The Morgan fingerprint density at radius 1 is 1.15 bits per heavy atom. The Labute approximate surface area is 233 Å². The van der Waals surface area contributed by atoms with Gasteiger partial charge in [-0.2, -0.15) is 9.40 Å². The van der Waals surface area contributed by atoms with Gasteiger partial charge in [0.25, 0.3) is 0 Å². The topological polar surface area (TPSA) is 130 Å². The summed E-state index contributed by atoms with van der Waals surface area (Å²) in [6.07, 6.45) is 8.33. The molecule has 2 N–H and O–H groups in total. The summed E-state index contributed by atoms with van der Waals surface area (Å²) < 4.78 is 36.9. The number of pyridine rings is 1. The first-order valence-electron chi connectivity index (χ1n) is 13.6. The van der Waals surface area contributed by atoms with Crippen LogP contribution in [0.4, 0.5) is 0 Å². The average molecular weight is 567 g/mol. The Morgan fingerprint density at radius 2 is 1.98 bits per heavy atom. The minimum Gasteiger partial charge on any atom is -0.492 e. The molecule has 40 heavy (non-hydrogen) atoms. The number of ether oxygens (including phenoxy) is 1. The van der Waals surface area contributed by atoms with Crippen LogP contribution in [0.25, 0.3) is 11.1 Å². The number of rotatable bonds is 3. The fourth-order valence-corrected chi connectivity index (χ4v) is 7.80. The molecule has 0 saturated carbocycles. The summed E-state index contributed by atoms with van der Waals surface area (Å²) in [6, 6.07) is 7.70. The number of nitrogens with one attached hydrogen (secondary N) is 1. The van der Waals surface area contributed by atoms with E-state index in [-0.39, 0.29) is 36.1 Å². The van der Waals surface area contributed by atoms with E-state index in [1.807, 2.05) is 31.6 Å². The molecule has 2 fully saturated rings. The van der Waals surface area contributed by atoms with Crippen molar-refractivity contribution in [3.63, 3.8) is 0 Å². The number of aliphatic hydroxyl groups is 1. The molecule has 212 valence electrons. The molecule has 5 heterocycles. The summed E-state index contributed by atoms with van der Waals surface area (Å²) >= 11 is 0. The zero-order valence-corrected chi connectivity index (χ0v) is 23.3. The van der Waals surface area contributed by atoms with Gasteiger partial charge < -0.3 is 15.2 Å². The molecule has 3 aliphatic rings. The number of aromatic nitrogens is 3. The van der Waals surface area contributed by atoms with Crippen LogP contribution in [0, 0.1) is 0 Å². The largest absolute Gasteiger partial charge is 0.492 e. The van der Waals surface area contributed by atoms with E-state index in [1.54, 1.807) is 29.2 Å². The van der Waals surface area contributed by atoms with Gasteiger partial charge in [-0.3, -0.25) is 19.4 Å². The van der Waals surface area contributed by atoms with Gasteiger partial charge in [-0.05, 0) is 36.6 Å². The third-order valence-corrected chi connectivity index (χ3v) is 10.2. The molecule has 2 aromatic heterocycles. The van der Waals surface area contributed by atoms with Gasteiger partial charge in [0.05, 0.1) is 18.9 Å². The molecule has 1 spiro atoms. The second-order valence-corrected chi connectivity index (χ2v) is 12.9. The van der Waals surface area contributed by atoms with Crippen LogP contribution in [0.1, 0.15) is 31.2 Å². The van der Waals surface area contributed by atoms with E-state index in [0.717, 1.165) is 40.6 Å². The van der Waals surface area contributed by atoms with E-state index in [2.05, 4.69) is 20.3 Å². The Kier molecular flexibility index (Phi) is 7.11. The number of fused-ring (bicyclic) bond motifs is 2. The molecule has 6 rings (SSSR count). The van der Waals surface area contributed by atoms with E-state index in [9.17, 15) is 18.3 Å². The van der Waals surface area contributed by atoms with Gasteiger partial charge in [0.2, 0.25) is 15.9 Å². The first-order chi connectivity index (χ1) is 19.2. The number of piperidine rings is 1. The molecule has 0 bridgehead atoms. The predicted molar refractivity (Wildman–Crippen MR) is 147 cm³/mol. The van der Waals surface area contributed by atoms with E-state index in [4.69, 9.17) is 4.74 Å². The second-order valence-electron chi connectivity index (χ2n) is 11.0. The number of aliphatic hydroxyl groups excluding tert-OH is 1. The summed E-state index contributed by atoms with van der Waals surface area (Å²) in [5.74, 6) is -0.128. The van der Waals surface area contributed by atoms with Gasteiger partial charge in [-0.15, -0.1) is 0 Å². The summed E-state index contributed by atoms with van der Waals surface area (Å²) in [5.41, 5.74) is 2.21. The number of carbonyl (C=O) groups is 1. The van der Waals surface area contributed by atoms with Crippen molar-refractivity contribution in [2.75, 3.05) is 26.2 Å². The fourth-order valence-electron chi connectivity index (χ4n) is 6.05. The molecule has 0 aliphatic carbocycles. The Balaban J connectivity index is 1.31. The third-order valence-electron chi connectivity index (χ3n) is 8.27. The summed E-state index contributed by atoms with van der Waals surface area (Å²) in [6.45, 7) is 2.42. The minimum absolute atomic E-state index is 0.00530. The van der Waals surface area contributed by atoms with Crippen LogP contribution in [0.15, 0.2) is 60.0 Å². The summed E-state index contributed by atoms with van der Waals surface area (Å²) in [4.78, 5) is 20.2. The van der Waals surface area contributed by atoms with Gasteiger partial charge in [0.15, 0.2) is 0 Å². The van der Waals surface area contributed by atoms with Crippen molar-refractivity contribution in [3.05, 3.63) is 60.7 Å². The predicted octanol–water partition coefficient (Wildman–Crippen LogP) is 1.54. The molecule has 1 aromatic carbocycles. The number of amides is 1. The van der Waals surface area contributed by atoms with Crippen molar-refractivity contribution < 1.29 is 23.1 Å². The molecule has 12 heteroatoms. The van der Waals surface area contributed by atoms with E-state index in [1.165, 1.54) is 6.07 Å². The van der Waals surface area contributed by atoms with Crippen LogP contribution in [-0.2, 0) is 28.4 Å². The third kappa shape index (κ3) is 5.24. The molecule has 1 amide bonds. The van der Waals surface area contributed by atoms with Crippen LogP contribution in [0.3, 0.4) is 0 Å².